The molecule has 0 aromatic heterocycles. The van der Waals surface area contributed by atoms with Crippen LogP contribution < -0.4 is 5.32 Å². The van der Waals surface area contributed by atoms with Crippen LogP contribution in [0, 0.1) is 0 Å². The average molecular weight is 367 g/mol. The van der Waals surface area contributed by atoms with E-state index in [4.69, 9.17) is 19.3 Å². The van der Waals surface area contributed by atoms with E-state index in [0.717, 1.165) is 5.56 Å². The fourth-order valence-electron chi connectivity index (χ4n) is 2.31. The van der Waals surface area contributed by atoms with Gasteiger partial charge in [0.15, 0.2) is 6.29 Å². The highest BCUT2D eigenvalue weighted by molar-refractivity contribution is 5.72. The first kappa shape index (κ1) is 21.9. The summed E-state index contributed by atoms with van der Waals surface area (Å²) in [5.41, 5.74) is 0.821. The molecule has 7 heteroatoms. The molecular formula is C19H29NO6. The van der Waals surface area contributed by atoms with Crippen molar-refractivity contribution in [3.05, 3.63) is 35.4 Å². The van der Waals surface area contributed by atoms with Gasteiger partial charge in [0.2, 0.25) is 0 Å². The number of ether oxygens (including phenoxy) is 3. The summed E-state index contributed by atoms with van der Waals surface area (Å²) in [6.45, 7) is 10.0. The van der Waals surface area contributed by atoms with E-state index in [1.54, 1.807) is 45.0 Å². The minimum Gasteiger partial charge on any atom is -0.481 e. The fourth-order valence-corrected chi connectivity index (χ4v) is 2.31. The molecule has 0 aliphatic heterocycles. The van der Waals surface area contributed by atoms with Crippen LogP contribution in [0.4, 0.5) is 4.79 Å². The van der Waals surface area contributed by atoms with Gasteiger partial charge >= 0.3 is 12.1 Å². The maximum atomic E-state index is 12.0. The lowest BCUT2D eigenvalue weighted by Crippen LogP contribution is -2.35. The molecule has 1 aromatic carbocycles. The Morgan fingerprint density at radius 1 is 1.04 bits per heavy atom. The Hall–Kier alpha value is -2.12. The zero-order valence-electron chi connectivity index (χ0n) is 16.1. The van der Waals surface area contributed by atoms with Crippen LogP contribution >= 0.6 is 0 Å². The molecule has 0 aliphatic carbocycles. The minimum atomic E-state index is -1.02. The summed E-state index contributed by atoms with van der Waals surface area (Å²) in [5.74, 6) is -1.02. The third kappa shape index (κ3) is 7.84. The molecule has 2 N–H and O–H groups in total. The van der Waals surface area contributed by atoms with Crippen LogP contribution in [0.3, 0.4) is 0 Å². The van der Waals surface area contributed by atoms with Crippen molar-refractivity contribution in [2.45, 2.75) is 59.0 Å². The maximum Gasteiger partial charge on any atom is 0.408 e. The normalized spacial score (nSPS) is 12.7. The van der Waals surface area contributed by atoms with Gasteiger partial charge in [-0.15, -0.1) is 0 Å². The van der Waals surface area contributed by atoms with Gasteiger partial charge in [-0.1, -0.05) is 24.3 Å². The Bertz CT molecular complexity index is 573. The van der Waals surface area contributed by atoms with Crippen molar-refractivity contribution < 1.29 is 28.9 Å². The molecule has 1 atom stereocenters. The summed E-state index contributed by atoms with van der Waals surface area (Å²) >= 11 is 0. The highest BCUT2D eigenvalue weighted by Gasteiger charge is 2.23. The van der Waals surface area contributed by atoms with Crippen LogP contribution in [-0.2, 0) is 19.0 Å². The third-order valence-electron chi connectivity index (χ3n) is 3.32. The standard InChI is InChI=1S/C19H29NO6/c1-6-24-17(25-7-2)14-10-8-13(9-11-14)15(12-16(21)22)20-18(23)26-19(3,4)5/h8-11,15,17H,6-7,12H2,1-5H3,(H,20,23)(H,21,22). The van der Waals surface area contributed by atoms with Crippen molar-refractivity contribution in [1.29, 1.82) is 0 Å². The van der Waals surface area contributed by atoms with E-state index in [9.17, 15) is 9.59 Å². The molecule has 0 saturated carbocycles. The number of carbonyl (C=O) groups excluding carboxylic acids is 1. The quantitative estimate of drug-likeness (QED) is 0.645. The van der Waals surface area contributed by atoms with Gasteiger partial charge < -0.3 is 24.6 Å². The maximum absolute atomic E-state index is 12.0. The molecule has 0 aliphatic rings. The van der Waals surface area contributed by atoms with Crippen LogP contribution in [0.5, 0.6) is 0 Å². The van der Waals surface area contributed by atoms with Gasteiger partial charge in [0.1, 0.15) is 5.60 Å². The molecule has 146 valence electrons. The SMILES string of the molecule is CCOC(OCC)c1ccc(C(CC(=O)O)NC(=O)OC(C)(C)C)cc1. The van der Waals surface area contributed by atoms with Gasteiger partial charge in [-0.05, 0) is 40.2 Å². The molecule has 1 aromatic rings. The number of carboxylic acid groups (broad SMARTS) is 1. The number of hydrogen-bond acceptors (Lipinski definition) is 5. The van der Waals surface area contributed by atoms with Gasteiger partial charge in [-0.25, -0.2) is 4.79 Å². The van der Waals surface area contributed by atoms with Crippen LogP contribution in [0.15, 0.2) is 24.3 Å². The Kier molecular flexibility index (Phi) is 8.54. The summed E-state index contributed by atoms with van der Waals surface area (Å²) in [6, 6.07) is 6.42. The zero-order valence-corrected chi connectivity index (χ0v) is 16.1. The first-order valence-electron chi connectivity index (χ1n) is 8.70. The van der Waals surface area contributed by atoms with Crippen LogP contribution in [-0.4, -0.2) is 36.0 Å². The molecule has 1 unspecified atom stereocenters. The van der Waals surface area contributed by atoms with Gasteiger partial charge in [0.25, 0.3) is 0 Å². The van der Waals surface area contributed by atoms with E-state index in [1.807, 2.05) is 13.8 Å². The summed E-state index contributed by atoms with van der Waals surface area (Å²) in [6.07, 6.45) is -1.39. The third-order valence-corrected chi connectivity index (χ3v) is 3.32. The number of nitrogens with one attached hydrogen (secondary N) is 1. The lowest BCUT2D eigenvalue weighted by atomic mass is 10.0. The summed E-state index contributed by atoms with van der Waals surface area (Å²) in [5, 5.41) is 11.8. The second-order valence-electron chi connectivity index (χ2n) is 6.71. The molecule has 0 bridgehead atoms. The molecule has 1 rings (SSSR count). The molecule has 0 heterocycles. The van der Waals surface area contributed by atoms with Gasteiger partial charge in [-0.2, -0.15) is 0 Å². The predicted molar refractivity (Wildman–Crippen MR) is 96.8 cm³/mol. The Balaban J connectivity index is 2.93. The molecule has 26 heavy (non-hydrogen) atoms. The van der Waals surface area contributed by atoms with Crippen molar-refractivity contribution in [3.63, 3.8) is 0 Å². The Morgan fingerprint density at radius 2 is 1.54 bits per heavy atom. The van der Waals surface area contributed by atoms with Gasteiger partial charge in [-0.3, -0.25) is 4.79 Å². The van der Waals surface area contributed by atoms with Crippen molar-refractivity contribution in [2.24, 2.45) is 0 Å². The van der Waals surface area contributed by atoms with Crippen molar-refractivity contribution >= 4 is 12.1 Å². The van der Waals surface area contributed by atoms with E-state index < -0.39 is 30.0 Å². The van der Waals surface area contributed by atoms with E-state index >= 15 is 0 Å². The number of benzene rings is 1. The average Bonchev–Trinajstić information content (AvgIpc) is 2.52. The van der Waals surface area contributed by atoms with Crippen molar-refractivity contribution in [2.75, 3.05) is 13.2 Å². The van der Waals surface area contributed by atoms with E-state index in [-0.39, 0.29) is 6.42 Å². The highest BCUT2D eigenvalue weighted by atomic mass is 16.7. The van der Waals surface area contributed by atoms with E-state index in [0.29, 0.717) is 18.8 Å². The predicted octanol–water partition coefficient (Wildman–Crippen LogP) is 3.80. The summed E-state index contributed by atoms with van der Waals surface area (Å²) in [7, 11) is 0. The van der Waals surface area contributed by atoms with Crippen LogP contribution in [0.2, 0.25) is 0 Å². The van der Waals surface area contributed by atoms with E-state index in [1.165, 1.54) is 0 Å². The number of carbonyl (C=O) groups is 2. The lowest BCUT2D eigenvalue weighted by Gasteiger charge is -2.23. The summed E-state index contributed by atoms with van der Waals surface area (Å²) in [4.78, 5) is 23.2. The topological polar surface area (TPSA) is 94.1 Å². The number of rotatable bonds is 9. The first-order chi connectivity index (χ1) is 12.2. The zero-order chi connectivity index (χ0) is 19.7. The molecule has 7 nitrogen and oxygen atoms in total. The monoisotopic (exact) mass is 367 g/mol. The molecule has 1 amide bonds. The Morgan fingerprint density at radius 3 is 1.96 bits per heavy atom. The van der Waals surface area contributed by atoms with Gasteiger partial charge in [0.05, 0.1) is 12.5 Å². The molecule has 0 fully saturated rings. The largest absolute Gasteiger partial charge is 0.481 e. The molecular weight excluding hydrogens is 338 g/mol. The summed E-state index contributed by atoms with van der Waals surface area (Å²) < 4.78 is 16.3. The second kappa shape index (κ2) is 10.1. The molecule has 0 spiro atoms. The van der Waals surface area contributed by atoms with Crippen LogP contribution in [0.25, 0.3) is 0 Å². The highest BCUT2D eigenvalue weighted by Crippen LogP contribution is 2.23. The smallest absolute Gasteiger partial charge is 0.408 e. The second-order valence-corrected chi connectivity index (χ2v) is 6.71. The molecule has 0 saturated heterocycles. The lowest BCUT2D eigenvalue weighted by molar-refractivity contribution is -0.140. The van der Waals surface area contributed by atoms with Crippen molar-refractivity contribution in [3.8, 4) is 0 Å². The minimum absolute atomic E-state index is 0.251. The molecule has 0 radical (unpaired) electrons. The first-order valence-corrected chi connectivity index (χ1v) is 8.70. The number of carboxylic acids is 1. The fraction of sp³-hybridized carbons (Fsp3) is 0.579. The van der Waals surface area contributed by atoms with Gasteiger partial charge in [0, 0.05) is 18.8 Å². The number of amides is 1. The van der Waals surface area contributed by atoms with Crippen molar-refractivity contribution in [1.82, 2.24) is 5.32 Å². The van der Waals surface area contributed by atoms with E-state index in [2.05, 4.69) is 5.32 Å². The number of alkyl carbamates (subject to hydrolysis) is 1. The number of hydrogen-bond donors (Lipinski definition) is 2. The Labute approximate surface area is 154 Å². The van der Waals surface area contributed by atoms with Crippen LogP contribution in [0.1, 0.15) is 64.5 Å². The number of aliphatic carboxylic acids is 1.